The largest absolute Gasteiger partial charge is 0.382 e. The lowest BCUT2D eigenvalue weighted by molar-refractivity contribution is 0.0996. The molecule has 1 unspecified atom stereocenters. The zero-order valence-electron chi connectivity index (χ0n) is 13.2. The van der Waals surface area contributed by atoms with E-state index in [1.807, 2.05) is 20.8 Å². The minimum Gasteiger partial charge on any atom is -0.382 e. The number of hydrogen-bond donors (Lipinski definition) is 3. The number of nitrogens with two attached hydrogens (primary N) is 2. The van der Waals surface area contributed by atoms with Crippen molar-refractivity contribution < 1.29 is 9.00 Å². The number of carbonyl (C=O) groups is 1. The van der Waals surface area contributed by atoms with E-state index >= 15 is 0 Å². The van der Waals surface area contributed by atoms with E-state index in [-0.39, 0.29) is 17.1 Å². The zero-order chi connectivity index (χ0) is 17.2. The first kappa shape index (κ1) is 17.0. The average molecular weight is 333 g/mol. The maximum atomic E-state index is 12.3. The molecule has 1 amide bonds. The zero-order valence-corrected chi connectivity index (χ0v) is 14.0. The van der Waals surface area contributed by atoms with Crippen LogP contribution >= 0.6 is 0 Å². The maximum Gasteiger partial charge on any atom is 0.271 e. The molecule has 0 fully saturated rings. The van der Waals surface area contributed by atoms with E-state index in [4.69, 9.17) is 11.5 Å². The van der Waals surface area contributed by atoms with Crippen molar-refractivity contribution in [3.8, 4) is 11.3 Å². The Bertz CT molecular complexity index is 771. The van der Waals surface area contributed by atoms with Crippen molar-refractivity contribution in [1.82, 2.24) is 14.7 Å². The van der Waals surface area contributed by atoms with Crippen LogP contribution in [0, 0.1) is 0 Å². The van der Waals surface area contributed by atoms with Gasteiger partial charge in [0, 0.05) is 11.1 Å². The molecular formula is C15H19N5O2S. The number of nitrogens with one attached hydrogen (secondary N) is 1. The summed E-state index contributed by atoms with van der Waals surface area (Å²) in [5.41, 5.74) is 11.5. The van der Waals surface area contributed by atoms with Crippen molar-refractivity contribution in [2.45, 2.75) is 31.2 Å². The summed E-state index contributed by atoms with van der Waals surface area (Å²) in [7, 11) is -1.37. The lowest BCUT2D eigenvalue weighted by Gasteiger charge is -2.19. The number of anilines is 1. The fourth-order valence-corrected chi connectivity index (χ4v) is 2.94. The summed E-state index contributed by atoms with van der Waals surface area (Å²) in [6, 6.07) is 7.01. The number of primary amides is 1. The van der Waals surface area contributed by atoms with Crippen LogP contribution in [0.2, 0.25) is 0 Å². The second-order valence-corrected chi connectivity index (χ2v) is 7.21. The molecule has 7 nitrogen and oxygen atoms in total. The van der Waals surface area contributed by atoms with Gasteiger partial charge < -0.3 is 11.5 Å². The number of benzene rings is 1. The fraction of sp³-hybridized carbons (Fsp3) is 0.267. The SMILES string of the molecule is CC(C)(C)NS(=O)c1cccc(-c2cnc(N)c(C(N)=O)n2)c1. The van der Waals surface area contributed by atoms with E-state index in [9.17, 15) is 9.00 Å². The van der Waals surface area contributed by atoms with Gasteiger partial charge in [-0.05, 0) is 32.9 Å². The minimum absolute atomic E-state index is 0.0182. The number of rotatable bonds is 4. The first-order chi connectivity index (χ1) is 10.7. The van der Waals surface area contributed by atoms with Crippen LogP contribution in [-0.2, 0) is 11.0 Å². The van der Waals surface area contributed by atoms with Crippen LogP contribution < -0.4 is 16.2 Å². The van der Waals surface area contributed by atoms with E-state index in [1.54, 1.807) is 24.3 Å². The molecular weight excluding hydrogens is 314 g/mol. The fourth-order valence-electron chi connectivity index (χ4n) is 1.83. The minimum atomic E-state index is -1.37. The summed E-state index contributed by atoms with van der Waals surface area (Å²) in [5.74, 6) is -0.763. The number of amides is 1. The predicted octanol–water partition coefficient (Wildman–Crippen LogP) is 1.24. The number of carbonyl (C=O) groups excluding carboxylic acids is 1. The summed E-state index contributed by atoms with van der Waals surface area (Å²) >= 11 is 0. The molecule has 0 saturated carbocycles. The normalized spacial score (nSPS) is 12.8. The van der Waals surface area contributed by atoms with E-state index in [0.717, 1.165) is 0 Å². The number of nitrogen functional groups attached to an aromatic ring is 1. The van der Waals surface area contributed by atoms with E-state index in [2.05, 4.69) is 14.7 Å². The number of hydrogen-bond acceptors (Lipinski definition) is 5. The monoisotopic (exact) mass is 333 g/mol. The van der Waals surface area contributed by atoms with Crippen molar-refractivity contribution >= 4 is 22.7 Å². The Morgan fingerprint density at radius 3 is 2.61 bits per heavy atom. The Labute approximate surface area is 137 Å². The molecule has 122 valence electrons. The molecule has 5 N–H and O–H groups in total. The Morgan fingerprint density at radius 2 is 2.00 bits per heavy atom. The molecule has 0 radical (unpaired) electrons. The third-order valence-corrected chi connectivity index (χ3v) is 4.26. The van der Waals surface area contributed by atoms with Gasteiger partial charge in [-0.15, -0.1) is 0 Å². The van der Waals surface area contributed by atoms with Crippen LogP contribution in [0.15, 0.2) is 35.4 Å². The highest BCUT2D eigenvalue weighted by Gasteiger charge is 2.16. The van der Waals surface area contributed by atoms with Crippen LogP contribution in [0.5, 0.6) is 0 Å². The Kier molecular flexibility index (Phi) is 4.76. The molecule has 0 aliphatic rings. The molecule has 0 saturated heterocycles. The Morgan fingerprint density at radius 1 is 1.30 bits per heavy atom. The van der Waals surface area contributed by atoms with Crippen LogP contribution in [0.4, 0.5) is 5.82 Å². The van der Waals surface area contributed by atoms with Gasteiger partial charge in [0.2, 0.25) is 0 Å². The molecule has 0 bridgehead atoms. The molecule has 0 aliphatic heterocycles. The van der Waals surface area contributed by atoms with Crippen molar-refractivity contribution in [2.24, 2.45) is 5.73 Å². The van der Waals surface area contributed by atoms with Gasteiger partial charge >= 0.3 is 0 Å². The summed E-state index contributed by atoms with van der Waals surface area (Å²) in [5, 5.41) is 0. The molecule has 1 atom stereocenters. The van der Waals surface area contributed by atoms with Crippen molar-refractivity contribution in [3.05, 3.63) is 36.2 Å². The van der Waals surface area contributed by atoms with Gasteiger partial charge in [0.15, 0.2) is 11.5 Å². The number of nitrogens with zero attached hydrogens (tertiary/aromatic N) is 2. The molecule has 1 heterocycles. The van der Waals surface area contributed by atoms with Crippen LogP contribution in [0.3, 0.4) is 0 Å². The van der Waals surface area contributed by atoms with Gasteiger partial charge in [0.25, 0.3) is 5.91 Å². The predicted molar refractivity (Wildman–Crippen MR) is 89.7 cm³/mol. The molecule has 2 rings (SSSR count). The smallest absolute Gasteiger partial charge is 0.271 e. The topological polar surface area (TPSA) is 124 Å². The first-order valence-corrected chi connectivity index (χ1v) is 8.05. The van der Waals surface area contributed by atoms with Gasteiger partial charge in [0.05, 0.1) is 16.8 Å². The summed E-state index contributed by atoms with van der Waals surface area (Å²) in [4.78, 5) is 20.0. The number of aromatic nitrogens is 2. The second kappa shape index (κ2) is 6.43. The van der Waals surface area contributed by atoms with Crippen LogP contribution in [-0.4, -0.2) is 25.6 Å². The molecule has 23 heavy (non-hydrogen) atoms. The molecule has 8 heteroatoms. The molecule has 1 aromatic heterocycles. The van der Waals surface area contributed by atoms with Crippen LogP contribution in [0.1, 0.15) is 31.3 Å². The Balaban J connectivity index is 2.39. The van der Waals surface area contributed by atoms with E-state index in [0.29, 0.717) is 16.2 Å². The average Bonchev–Trinajstić information content (AvgIpc) is 2.46. The quantitative estimate of drug-likeness (QED) is 0.776. The van der Waals surface area contributed by atoms with Crippen molar-refractivity contribution in [3.63, 3.8) is 0 Å². The molecule has 0 spiro atoms. The second-order valence-electron chi connectivity index (χ2n) is 6.00. The summed E-state index contributed by atoms with van der Waals surface area (Å²) < 4.78 is 15.3. The maximum absolute atomic E-state index is 12.3. The van der Waals surface area contributed by atoms with Gasteiger partial charge in [-0.1, -0.05) is 12.1 Å². The summed E-state index contributed by atoms with van der Waals surface area (Å²) in [6.07, 6.45) is 1.45. The highest BCUT2D eigenvalue weighted by atomic mass is 32.2. The lowest BCUT2D eigenvalue weighted by Crippen LogP contribution is -2.37. The van der Waals surface area contributed by atoms with Crippen molar-refractivity contribution in [1.29, 1.82) is 0 Å². The Hall–Kier alpha value is -2.32. The lowest BCUT2D eigenvalue weighted by atomic mass is 10.1. The molecule has 0 aliphatic carbocycles. The standard InChI is InChI=1S/C15H19N5O2S/c1-15(2,3)20-23(22)10-6-4-5-9(7-10)11-8-18-13(16)12(19-11)14(17)21/h4-8,20H,1-3H3,(H2,16,18)(H2,17,21). The van der Waals surface area contributed by atoms with Gasteiger partial charge in [0.1, 0.15) is 11.0 Å². The van der Waals surface area contributed by atoms with E-state index < -0.39 is 16.9 Å². The van der Waals surface area contributed by atoms with Crippen molar-refractivity contribution in [2.75, 3.05) is 5.73 Å². The van der Waals surface area contributed by atoms with Crippen LogP contribution in [0.25, 0.3) is 11.3 Å². The third-order valence-electron chi connectivity index (χ3n) is 2.78. The van der Waals surface area contributed by atoms with E-state index in [1.165, 1.54) is 6.20 Å². The van der Waals surface area contributed by atoms with Gasteiger partial charge in [-0.2, -0.15) is 0 Å². The van der Waals surface area contributed by atoms with Gasteiger partial charge in [-0.3, -0.25) is 4.79 Å². The highest BCUT2D eigenvalue weighted by molar-refractivity contribution is 7.83. The highest BCUT2D eigenvalue weighted by Crippen LogP contribution is 2.21. The molecule has 2 aromatic rings. The summed E-state index contributed by atoms with van der Waals surface area (Å²) in [6.45, 7) is 5.79. The first-order valence-electron chi connectivity index (χ1n) is 6.90. The third kappa shape index (κ3) is 4.33. The van der Waals surface area contributed by atoms with Gasteiger partial charge in [-0.25, -0.2) is 18.9 Å². The molecule has 1 aromatic carbocycles.